The molecule has 0 fully saturated rings. The van der Waals surface area contributed by atoms with Crippen LogP contribution in [-0.2, 0) is 5.41 Å². The van der Waals surface area contributed by atoms with Crippen molar-refractivity contribution >= 4 is 51.1 Å². The quantitative estimate of drug-likeness (QED) is 0.143. The highest BCUT2D eigenvalue weighted by Gasteiger charge is 2.54. The molecule has 12 rings (SSSR count). The van der Waals surface area contributed by atoms with Gasteiger partial charge in [-0.15, -0.1) is 0 Å². The molecule has 1 atom stereocenters. The Morgan fingerprint density at radius 1 is 0.369 bits per heavy atom. The van der Waals surface area contributed by atoms with E-state index in [1.54, 1.807) is 0 Å². The number of benzene rings is 9. The Hall–Kier alpha value is -8.14. The number of fused-ring (bicyclic) bond motifs is 9. The van der Waals surface area contributed by atoms with Crippen LogP contribution in [0.3, 0.4) is 0 Å². The average Bonchev–Trinajstić information content (AvgIpc) is 3.82. The molecule has 0 saturated heterocycles. The topological polar surface area (TPSA) is 9.72 Å². The molecular weight excluding hydrogens is 787 g/mol. The van der Waals surface area contributed by atoms with E-state index in [0.29, 0.717) is 0 Å². The normalized spacial score (nSPS) is 14.9. The molecule has 9 aromatic rings. The minimum atomic E-state index is -0.590. The predicted octanol–water partition coefficient (Wildman–Crippen LogP) is 16.2. The summed E-state index contributed by atoms with van der Waals surface area (Å²) in [6.07, 6.45) is 5.72. The maximum absolute atomic E-state index is 2.53. The molecule has 3 aliphatic carbocycles. The van der Waals surface area contributed by atoms with Crippen LogP contribution in [0.4, 0.5) is 45.5 Å². The highest BCUT2D eigenvalue weighted by molar-refractivity contribution is 5.99. The highest BCUT2D eigenvalue weighted by atomic mass is 15.2. The van der Waals surface area contributed by atoms with Crippen LogP contribution in [-0.4, -0.2) is 6.04 Å². The Kier molecular flexibility index (Phi) is 9.42. The Labute approximate surface area is 382 Å². The smallest absolute Gasteiger partial charge is 0.0690 e. The van der Waals surface area contributed by atoms with Crippen molar-refractivity contribution < 1.29 is 0 Å². The molecule has 310 valence electrons. The second kappa shape index (κ2) is 15.9. The number of para-hydroxylation sites is 6. The van der Waals surface area contributed by atoms with Crippen LogP contribution in [0, 0.1) is 6.92 Å². The van der Waals surface area contributed by atoms with Crippen LogP contribution < -0.4 is 14.7 Å². The molecule has 3 aliphatic rings. The molecule has 0 amide bonds. The predicted molar refractivity (Wildman–Crippen MR) is 272 cm³/mol. The molecule has 0 N–H and O–H groups in total. The van der Waals surface area contributed by atoms with Crippen molar-refractivity contribution in [2.24, 2.45) is 0 Å². The molecule has 1 unspecified atom stereocenters. The van der Waals surface area contributed by atoms with E-state index in [0.717, 1.165) is 40.5 Å². The lowest BCUT2D eigenvalue weighted by atomic mass is 9.67. The number of nitrogens with zero attached hydrogens (tertiary/aromatic N) is 3. The lowest BCUT2D eigenvalue weighted by Gasteiger charge is -2.39. The van der Waals surface area contributed by atoms with E-state index in [-0.39, 0.29) is 6.04 Å². The van der Waals surface area contributed by atoms with Gasteiger partial charge in [0.25, 0.3) is 0 Å². The van der Waals surface area contributed by atoms with Gasteiger partial charge < -0.3 is 14.7 Å². The highest BCUT2D eigenvalue weighted by Crippen LogP contribution is 2.65. The molecule has 0 radical (unpaired) electrons. The maximum Gasteiger partial charge on any atom is 0.0690 e. The molecule has 0 aromatic heterocycles. The fourth-order valence-corrected chi connectivity index (χ4v) is 11.0. The summed E-state index contributed by atoms with van der Waals surface area (Å²) in [6.45, 7) is 2.25. The van der Waals surface area contributed by atoms with Gasteiger partial charge in [0.05, 0.1) is 11.5 Å². The van der Waals surface area contributed by atoms with Crippen LogP contribution in [0.1, 0.15) is 34.2 Å². The lowest BCUT2D eigenvalue weighted by Crippen LogP contribution is -2.36. The number of aryl methyl sites for hydroxylation is 1. The molecule has 0 heterocycles. The van der Waals surface area contributed by atoms with Gasteiger partial charge in [0, 0.05) is 45.5 Å². The van der Waals surface area contributed by atoms with Crippen LogP contribution in [0.5, 0.6) is 0 Å². The van der Waals surface area contributed by atoms with Crippen molar-refractivity contribution in [2.75, 3.05) is 14.7 Å². The van der Waals surface area contributed by atoms with E-state index in [4.69, 9.17) is 0 Å². The molecule has 0 aliphatic heterocycles. The van der Waals surface area contributed by atoms with Gasteiger partial charge in [-0.25, -0.2) is 0 Å². The van der Waals surface area contributed by atoms with Gasteiger partial charge in [-0.3, -0.25) is 0 Å². The fourth-order valence-electron chi connectivity index (χ4n) is 11.0. The molecule has 1 spiro atoms. The third-order valence-electron chi connectivity index (χ3n) is 13.6. The maximum atomic E-state index is 2.53. The second-order valence-corrected chi connectivity index (χ2v) is 17.3. The molecule has 3 nitrogen and oxygen atoms in total. The minimum Gasteiger partial charge on any atom is -0.334 e. The van der Waals surface area contributed by atoms with E-state index >= 15 is 0 Å². The summed E-state index contributed by atoms with van der Waals surface area (Å²) in [6, 6.07) is 86.7. The van der Waals surface area contributed by atoms with Gasteiger partial charge in [-0.2, -0.15) is 0 Å². The van der Waals surface area contributed by atoms with Gasteiger partial charge in [-0.1, -0.05) is 157 Å². The van der Waals surface area contributed by atoms with Crippen molar-refractivity contribution in [1.29, 1.82) is 0 Å². The Morgan fingerprint density at radius 3 is 1.15 bits per heavy atom. The summed E-state index contributed by atoms with van der Waals surface area (Å²) in [4.78, 5) is 7.35. The Balaban J connectivity index is 1.13. The first-order valence-electron chi connectivity index (χ1n) is 22.7. The zero-order chi connectivity index (χ0) is 43.3. The van der Waals surface area contributed by atoms with Crippen molar-refractivity contribution in [2.45, 2.75) is 24.8 Å². The van der Waals surface area contributed by atoms with Gasteiger partial charge in [0.1, 0.15) is 0 Å². The molecule has 0 saturated carbocycles. The molecular formula is C62H47N3. The van der Waals surface area contributed by atoms with Gasteiger partial charge in [0.2, 0.25) is 0 Å². The van der Waals surface area contributed by atoms with E-state index in [9.17, 15) is 0 Å². The fraction of sp³-hybridized carbons (Fsp3) is 0.0645. The number of rotatable bonds is 9. The summed E-state index contributed by atoms with van der Waals surface area (Å²) >= 11 is 0. The van der Waals surface area contributed by atoms with Crippen molar-refractivity contribution in [1.82, 2.24) is 0 Å². The first-order valence-corrected chi connectivity index (χ1v) is 22.7. The first-order chi connectivity index (χ1) is 32.2. The zero-order valence-corrected chi connectivity index (χ0v) is 36.3. The van der Waals surface area contributed by atoms with Crippen LogP contribution in [0.25, 0.3) is 16.7 Å². The van der Waals surface area contributed by atoms with Crippen molar-refractivity contribution in [3.05, 3.63) is 282 Å². The van der Waals surface area contributed by atoms with Gasteiger partial charge >= 0.3 is 0 Å². The van der Waals surface area contributed by atoms with E-state index in [2.05, 4.69) is 270 Å². The second-order valence-electron chi connectivity index (χ2n) is 17.3. The van der Waals surface area contributed by atoms with Gasteiger partial charge in [-0.05, 0) is 155 Å². The summed E-state index contributed by atoms with van der Waals surface area (Å²) in [7, 11) is 0. The third kappa shape index (κ3) is 6.34. The largest absolute Gasteiger partial charge is 0.334 e. The standard InChI is InChI=1S/C62H47N3/c1-44-32-36-54-55-37-33-51(63(45-20-8-2-9-21-45)46-22-10-3-11-23-46)41-59(55)62(58(54)40-44)60-42-52(64(47-24-12-4-13-25-47)48-26-14-5-15-27-48)34-38-56(60)57-39-35-53(43-61(57)62)65(49-28-16-6-17-29-49)50-30-18-7-19-31-50/h2-40,42-43,51H,41H2,1H3. The van der Waals surface area contributed by atoms with E-state index in [1.165, 1.54) is 61.5 Å². The average molecular weight is 834 g/mol. The van der Waals surface area contributed by atoms with Gasteiger partial charge in [0.15, 0.2) is 0 Å². The summed E-state index contributed by atoms with van der Waals surface area (Å²) in [5, 5.41) is 0. The van der Waals surface area contributed by atoms with E-state index < -0.39 is 5.41 Å². The van der Waals surface area contributed by atoms with Crippen LogP contribution in [0.2, 0.25) is 0 Å². The monoisotopic (exact) mass is 833 g/mol. The van der Waals surface area contributed by atoms with Crippen LogP contribution in [0.15, 0.2) is 254 Å². The molecule has 3 heteroatoms. The molecule has 65 heavy (non-hydrogen) atoms. The van der Waals surface area contributed by atoms with E-state index in [1.807, 2.05) is 0 Å². The summed E-state index contributed by atoms with van der Waals surface area (Å²) in [5.74, 6) is 0. The zero-order valence-electron chi connectivity index (χ0n) is 36.3. The number of anilines is 8. The summed E-state index contributed by atoms with van der Waals surface area (Å²) in [5.41, 5.74) is 20.4. The van der Waals surface area contributed by atoms with Crippen LogP contribution >= 0.6 is 0 Å². The van der Waals surface area contributed by atoms with Crippen molar-refractivity contribution in [3.8, 4) is 11.1 Å². The van der Waals surface area contributed by atoms with Crippen molar-refractivity contribution in [3.63, 3.8) is 0 Å². The number of hydrogen-bond donors (Lipinski definition) is 0. The Bertz CT molecular complexity index is 2980. The third-order valence-corrected chi connectivity index (χ3v) is 13.6. The first kappa shape index (κ1) is 38.5. The molecule has 0 bridgehead atoms. The lowest BCUT2D eigenvalue weighted by molar-refractivity contribution is 0.663. The summed E-state index contributed by atoms with van der Waals surface area (Å²) < 4.78 is 0. The number of hydrogen-bond acceptors (Lipinski definition) is 3. The SMILES string of the molecule is Cc1ccc2c(c1)C1(C3=C2C=CC(N(c2ccccc2)c2ccccc2)C3)c2cc(N(c3ccccc3)c3ccccc3)ccc2-c2ccc(N(c3ccccc3)c3ccccc3)cc21. The molecule has 9 aromatic carbocycles. The number of allylic oxidation sites excluding steroid dienone is 2. The Morgan fingerprint density at radius 2 is 0.738 bits per heavy atom. The minimum absolute atomic E-state index is 0.0555.